The number of nitrogens with zero attached hydrogens (tertiary/aromatic N) is 1. The fourth-order valence-electron chi connectivity index (χ4n) is 0.921. The van der Waals surface area contributed by atoms with Gasteiger partial charge in [-0.1, -0.05) is 0 Å². The molecule has 1 unspecified atom stereocenters. The van der Waals surface area contributed by atoms with Crippen molar-refractivity contribution in [1.29, 1.82) is 0 Å². The Morgan fingerprint density at radius 1 is 1.55 bits per heavy atom. The third-order valence-electron chi connectivity index (χ3n) is 1.72. The van der Waals surface area contributed by atoms with Gasteiger partial charge in [-0.2, -0.15) is 0 Å². The number of hydrogen-bond donors (Lipinski definition) is 1. The molecule has 0 aromatic rings. The Balaban J connectivity index is 3.35. The highest BCUT2D eigenvalue weighted by Gasteiger charge is 2.11. The summed E-state index contributed by atoms with van der Waals surface area (Å²) in [5.41, 5.74) is -0.527. The first-order chi connectivity index (χ1) is 4.95. The molecule has 1 atom stereocenters. The normalized spacial score (nSPS) is 14.5. The minimum Gasteiger partial charge on any atom is -0.390 e. The Bertz CT molecular complexity index is 115. The topological polar surface area (TPSA) is 32.6 Å². The first kappa shape index (κ1) is 10.6. The Morgan fingerprint density at radius 2 is 2.09 bits per heavy atom. The third-order valence-corrected chi connectivity index (χ3v) is 1.72. The predicted molar refractivity (Wildman–Crippen MR) is 49.2 cm³/mol. The van der Waals surface area contributed by atoms with Gasteiger partial charge >= 0.3 is 0 Å². The van der Waals surface area contributed by atoms with Crippen molar-refractivity contribution in [2.75, 3.05) is 0 Å². The van der Waals surface area contributed by atoms with E-state index < -0.39 is 5.60 Å². The minimum atomic E-state index is -0.527. The molecule has 0 aliphatic carbocycles. The molecule has 11 heavy (non-hydrogen) atoms. The lowest BCUT2D eigenvalue weighted by molar-refractivity contribution is 0.0679. The van der Waals surface area contributed by atoms with Gasteiger partial charge in [-0.3, -0.25) is 4.99 Å². The number of hydrogen-bond acceptors (Lipinski definition) is 2. The smallest absolute Gasteiger partial charge is 0.0591 e. The zero-order valence-corrected chi connectivity index (χ0v) is 7.80. The molecule has 0 rings (SSSR count). The Kier molecular flexibility index (Phi) is 4.34. The molecule has 0 spiro atoms. The van der Waals surface area contributed by atoms with Gasteiger partial charge in [0.1, 0.15) is 0 Å². The Morgan fingerprint density at radius 3 is 2.45 bits per heavy atom. The summed E-state index contributed by atoms with van der Waals surface area (Å²) in [5, 5.41) is 9.36. The highest BCUT2D eigenvalue weighted by atomic mass is 16.3. The molecule has 1 N–H and O–H groups in total. The summed E-state index contributed by atoms with van der Waals surface area (Å²) in [6.45, 7) is 9.17. The van der Waals surface area contributed by atoms with Crippen LogP contribution < -0.4 is 0 Å². The van der Waals surface area contributed by atoms with Gasteiger partial charge in [0.2, 0.25) is 0 Å². The van der Waals surface area contributed by atoms with Crippen LogP contribution in [0.15, 0.2) is 4.99 Å². The largest absolute Gasteiger partial charge is 0.390 e. The molecule has 0 heterocycles. The molecule has 0 aliphatic heterocycles. The van der Waals surface area contributed by atoms with Crippen LogP contribution in [0.2, 0.25) is 0 Å². The zero-order chi connectivity index (χ0) is 8.91. The van der Waals surface area contributed by atoms with Crippen molar-refractivity contribution in [2.45, 2.75) is 51.7 Å². The van der Waals surface area contributed by atoms with Crippen LogP contribution in [-0.2, 0) is 0 Å². The Labute approximate surface area is 69.3 Å². The van der Waals surface area contributed by atoms with Crippen LogP contribution in [0.3, 0.4) is 0 Å². The van der Waals surface area contributed by atoms with Crippen LogP contribution in [0.25, 0.3) is 0 Å². The van der Waals surface area contributed by atoms with E-state index in [0.29, 0.717) is 6.04 Å². The van der Waals surface area contributed by atoms with E-state index in [1.54, 1.807) is 0 Å². The van der Waals surface area contributed by atoms with E-state index in [1.807, 2.05) is 20.8 Å². The SMILES string of the molecule is C=NC(C)CCCC(C)(C)O. The maximum atomic E-state index is 9.36. The van der Waals surface area contributed by atoms with Crippen molar-refractivity contribution >= 4 is 6.72 Å². The minimum absolute atomic E-state index is 0.331. The van der Waals surface area contributed by atoms with Gasteiger partial charge in [0.25, 0.3) is 0 Å². The van der Waals surface area contributed by atoms with Gasteiger partial charge in [0.15, 0.2) is 0 Å². The molecule has 0 radical (unpaired) electrons. The van der Waals surface area contributed by atoms with Crippen LogP contribution in [0.1, 0.15) is 40.0 Å². The summed E-state index contributed by atoms with van der Waals surface area (Å²) in [6, 6.07) is 0.331. The predicted octanol–water partition coefficient (Wildman–Crippen LogP) is 2.02. The van der Waals surface area contributed by atoms with E-state index in [1.165, 1.54) is 0 Å². The van der Waals surface area contributed by atoms with E-state index in [2.05, 4.69) is 11.7 Å². The maximum Gasteiger partial charge on any atom is 0.0591 e. The zero-order valence-electron chi connectivity index (χ0n) is 7.80. The molecule has 2 nitrogen and oxygen atoms in total. The van der Waals surface area contributed by atoms with Crippen LogP contribution in [0.4, 0.5) is 0 Å². The van der Waals surface area contributed by atoms with Gasteiger partial charge in [0.05, 0.1) is 5.60 Å². The number of rotatable bonds is 5. The lowest BCUT2D eigenvalue weighted by Crippen LogP contribution is -2.18. The van der Waals surface area contributed by atoms with Crippen molar-refractivity contribution in [3.05, 3.63) is 0 Å². The highest BCUT2D eigenvalue weighted by Crippen LogP contribution is 2.13. The van der Waals surface area contributed by atoms with E-state index in [9.17, 15) is 5.11 Å². The van der Waals surface area contributed by atoms with E-state index >= 15 is 0 Å². The fourth-order valence-corrected chi connectivity index (χ4v) is 0.921. The fraction of sp³-hybridized carbons (Fsp3) is 0.889. The summed E-state index contributed by atoms with van der Waals surface area (Å²) in [6.07, 6.45) is 2.88. The molecule has 0 aliphatic rings. The molecule has 0 aromatic heterocycles. The molecular weight excluding hydrogens is 138 g/mol. The molecule has 66 valence electrons. The average Bonchev–Trinajstić information content (AvgIpc) is 1.85. The van der Waals surface area contributed by atoms with Crippen LogP contribution in [0, 0.1) is 0 Å². The van der Waals surface area contributed by atoms with E-state index in [0.717, 1.165) is 19.3 Å². The monoisotopic (exact) mass is 157 g/mol. The molecule has 0 bridgehead atoms. The molecule has 0 fully saturated rings. The molecule has 0 saturated carbocycles. The van der Waals surface area contributed by atoms with Crippen LogP contribution in [0.5, 0.6) is 0 Å². The summed E-state index contributed by atoms with van der Waals surface area (Å²) in [4.78, 5) is 3.88. The second-order valence-corrected chi connectivity index (χ2v) is 3.74. The summed E-state index contributed by atoms with van der Waals surface area (Å²) < 4.78 is 0. The molecule has 0 amide bonds. The van der Waals surface area contributed by atoms with Crippen molar-refractivity contribution in [3.63, 3.8) is 0 Å². The van der Waals surface area contributed by atoms with E-state index in [-0.39, 0.29) is 0 Å². The quantitative estimate of drug-likeness (QED) is 0.608. The molecule has 2 heteroatoms. The third kappa shape index (κ3) is 7.53. The highest BCUT2D eigenvalue weighted by molar-refractivity contribution is 5.23. The molecule has 0 saturated heterocycles. The van der Waals surface area contributed by atoms with Crippen molar-refractivity contribution in [1.82, 2.24) is 0 Å². The maximum absolute atomic E-state index is 9.36. The Hall–Kier alpha value is -0.370. The summed E-state index contributed by atoms with van der Waals surface area (Å²) >= 11 is 0. The average molecular weight is 157 g/mol. The molecular formula is C9H19NO. The first-order valence-electron chi connectivity index (χ1n) is 4.14. The van der Waals surface area contributed by atoms with Crippen molar-refractivity contribution in [2.24, 2.45) is 4.99 Å². The second-order valence-electron chi connectivity index (χ2n) is 3.74. The first-order valence-corrected chi connectivity index (χ1v) is 4.14. The van der Waals surface area contributed by atoms with Gasteiger partial charge < -0.3 is 5.11 Å². The van der Waals surface area contributed by atoms with Crippen LogP contribution >= 0.6 is 0 Å². The molecule has 0 aromatic carbocycles. The summed E-state index contributed by atoms with van der Waals surface area (Å²) in [7, 11) is 0. The van der Waals surface area contributed by atoms with Crippen molar-refractivity contribution < 1.29 is 5.11 Å². The van der Waals surface area contributed by atoms with Gasteiger partial charge in [-0.05, 0) is 46.8 Å². The lowest BCUT2D eigenvalue weighted by Gasteiger charge is -2.16. The number of aliphatic hydroxyl groups is 1. The van der Waals surface area contributed by atoms with Crippen molar-refractivity contribution in [3.8, 4) is 0 Å². The van der Waals surface area contributed by atoms with Gasteiger partial charge in [-0.15, -0.1) is 0 Å². The number of aliphatic imine (C=N–C) groups is 1. The summed E-state index contributed by atoms with van der Waals surface area (Å²) in [5.74, 6) is 0. The standard InChI is InChI=1S/C9H19NO/c1-8(10-4)6-5-7-9(2,3)11/h8,11H,4-7H2,1-3H3. The van der Waals surface area contributed by atoms with Crippen LogP contribution in [-0.4, -0.2) is 23.5 Å². The van der Waals surface area contributed by atoms with E-state index in [4.69, 9.17) is 0 Å². The lowest BCUT2D eigenvalue weighted by atomic mass is 10.00. The van der Waals surface area contributed by atoms with Gasteiger partial charge in [0, 0.05) is 6.04 Å². The second kappa shape index (κ2) is 4.50. The van der Waals surface area contributed by atoms with Gasteiger partial charge in [-0.25, -0.2) is 0 Å².